The fourth-order valence-corrected chi connectivity index (χ4v) is 2.86. The molecule has 0 fully saturated rings. The smallest absolute Gasteiger partial charge is 0.319 e. The predicted molar refractivity (Wildman–Crippen MR) is 95.2 cm³/mol. The van der Waals surface area contributed by atoms with E-state index in [1.54, 1.807) is 0 Å². The monoisotopic (exact) mass is 388 g/mol. The lowest BCUT2D eigenvalue weighted by Gasteiger charge is -2.28. The molecule has 3 rings (SSSR count). The van der Waals surface area contributed by atoms with Gasteiger partial charge in [0.15, 0.2) is 0 Å². The summed E-state index contributed by atoms with van der Waals surface area (Å²) in [5, 5.41) is 18.2. The Morgan fingerprint density at radius 2 is 1.96 bits per heavy atom. The molecule has 0 radical (unpaired) electrons. The van der Waals surface area contributed by atoms with Crippen molar-refractivity contribution in [1.29, 1.82) is 0 Å². The fourth-order valence-electron chi connectivity index (χ4n) is 2.86. The number of rotatable bonds is 4. The van der Waals surface area contributed by atoms with E-state index in [4.69, 9.17) is 0 Å². The summed E-state index contributed by atoms with van der Waals surface area (Å²) in [6.45, 7) is 1.45. The van der Waals surface area contributed by atoms with E-state index in [2.05, 4.69) is 16.0 Å². The number of allylic oxidation sites excluding steroid dienone is 1. The molecule has 0 bridgehead atoms. The maximum atomic E-state index is 14.3. The van der Waals surface area contributed by atoms with Gasteiger partial charge < -0.3 is 16.0 Å². The molecule has 2 aromatic carbocycles. The molecule has 1 aliphatic heterocycles. The number of urea groups is 1. The molecule has 2 aromatic rings. The average Bonchev–Trinajstić information content (AvgIpc) is 2.61. The number of carbonyl (C=O) groups is 2. The Morgan fingerprint density at radius 1 is 1.21 bits per heavy atom. The molecule has 1 atom stereocenters. The summed E-state index contributed by atoms with van der Waals surface area (Å²) in [5.74, 6) is -2.44. The lowest BCUT2D eigenvalue weighted by molar-refractivity contribution is -0.384. The number of nitrogens with zero attached hydrogens (tertiary/aromatic N) is 1. The molecule has 0 aliphatic carbocycles. The number of amides is 3. The Hall–Kier alpha value is -3.82. The van der Waals surface area contributed by atoms with E-state index < -0.39 is 34.5 Å². The summed E-state index contributed by atoms with van der Waals surface area (Å²) >= 11 is 0. The third kappa shape index (κ3) is 3.80. The number of nitro groups is 1. The van der Waals surface area contributed by atoms with Crippen LogP contribution in [0.5, 0.6) is 0 Å². The molecule has 28 heavy (non-hydrogen) atoms. The zero-order valence-electron chi connectivity index (χ0n) is 14.5. The number of halogens is 2. The molecule has 0 saturated heterocycles. The van der Waals surface area contributed by atoms with E-state index in [1.165, 1.54) is 25.1 Å². The topological polar surface area (TPSA) is 113 Å². The predicted octanol–water partition coefficient (Wildman–Crippen LogP) is 3.14. The van der Waals surface area contributed by atoms with E-state index in [9.17, 15) is 28.5 Å². The molecule has 1 heterocycles. The second kappa shape index (κ2) is 7.43. The van der Waals surface area contributed by atoms with Crippen molar-refractivity contribution in [1.82, 2.24) is 10.6 Å². The van der Waals surface area contributed by atoms with Gasteiger partial charge in [-0.25, -0.2) is 13.6 Å². The Balaban J connectivity index is 1.97. The summed E-state index contributed by atoms with van der Waals surface area (Å²) in [6.07, 6.45) is 0. The first-order valence-electron chi connectivity index (χ1n) is 8.05. The molecular weight excluding hydrogens is 374 g/mol. The van der Waals surface area contributed by atoms with Gasteiger partial charge in [0.1, 0.15) is 11.6 Å². The van der Waals surface area contributed by atoms with Crippen molar-refractivity contribution < 1.29 is 23.3 Å². The highest BCUT2D eigenvalue weighted by Gasteiger charge is 2.33. The van der Waals surface area contributed by atoms with Gasteiger partial charge in [-0.05, 0) is 19.1 Å². The van der Waals surface area contributed by atoms with Crippen molar-refractivity contribution in [3.8, 4) is 0 Å². The van der Waals surface area contributed by atoms with Gasteiger partial charge in [0.2, 0.25) is 0 Å². The first-order chi connectivity index (χ1) is 13.3. The number of nitrogens with one attached hydrogen (secondary N) is 3. The van der Waals surface area contributed by atoms with Crippen molar-refractivity contribution in [2.24, 2.45) is 0 Å². The number of carbonyl (C=O) groups excluding carboxylic acids is 2. The Bertz CT molecular complexity index is 1020. The van der Waals surface area contributed by atoms with Crippen LogP contribution in [-0.4, -0.2) is 16.9 Å². The first-order valence-corrected chi connectivity index (χ1v) is 8.05. The van der Waals surface area contributed by atoms with Crippen molar-refractivity contribution >= 4 is 23.3 Å². The van der Waals surface area contributed by atoms with Crippen molar-refractivity contribution in [2.75, 3.05) is 5.32 Å². The molecule has 8 nitrogen and oxygen atoms in total. The van der Waals surface area contributed by atoms with Gasteiger partial charge in [0.05, 0.1) is 16.5 Å². The van der Waals surface area contributed by atoms with Crippen molar-refractivity contribution in [3.05, 3.63) is 81.0 Å². The normalized spacial score (nSPS) is 16.2. The third-order valence-corrected chi connectivity index (χ3v) is 4.10. The molecule has 0 unspecified atom stereocenters. The quantitative estimate of drug-likeness (QED) is 0.551. The Labute approximate surface area is 157 Å². The summed E-state index contributed by atoms with van der Waals surface area (Å²) in [5.41, 5.74) is -0.0220. The molecule has 3 N–H and O–H groups in total. The number of hydrogen-bond acceptors (Lipinski definition) is 4. The highest BCUT2D eigenvalue weighted by molar-refractivity contribution is 6.06. The zero-order valence-corrected chi connectivity index (χ0v) is 14.5. The SMILES string of the molecule is CC1=C(C(=O)Nc2cccc([N+](=O)[O-])c2)[C@H](c2ccc(F)cc2F)NC(=O)N1. The van der Waals surface area contributed by atoms with Gasteiger partial charge >= 0.3 is 6.03 Å². The summed E-state index contributed by atoms with van der Waals surface area (Å²) in [7, 11) is 0. The lowest BCUT2D eigenvalue weighted by Crippen LogP contribution is -2.46. The third-order valence-electron chi connectivity index (χ3n) is 4.10. The number of nitro benzene ring substituents is 1. The molecule has 3 amide bonds. The Kier molecular flexibility index (Phi) is 5.03. The van der Waals surface area contributed by atoms with E-state index in [1.807, 2.05) is 0 Å². The molecule has 10 heteroatoms. The molecule has 0 aromatic heterocycles. The molecule has 1 aliphatic rings. The maximum Gasteiger partial charge on any atom is 0.319 e. The largest absolute Gasteiger partial charge is 0.327 e. The first kappa shape index (κ1) is 19.0. The molecule has 0 saturated carbocycles. The highest BCUT2D eigenvalue weighted by atomic mass is 19.1. The van der Waals surface area contributed by atoms with E-state index in [0.29, 0.717) is 6.07 Å². The number of anilines is 1. The van der Waals surface area contributed by atoms with Crippen molar-refractivity contribution in [2.45, 2.75) is 13.0 Å². The van der Waals surface area contributed by atoms with Crippen LogP contribution in [-0.2, 0) is 4.79 Å². The van der Waals surface area contributed by atoms with Crippen molar-refractivity contribution in [3.63, 3.8) is 0 Å². The van der Waals surface area contributed by atoms with Gasteiger partial charge in [-0.2, -0.15) is 0 Å². The molecular formula is C18H14F2N4O4. The van der Waals surface area contributed by atoms with Gasteiger partial charge in [-0.15, -0.1) is 0 Å². The van der Waals surface area contributed by atoms with Gasteiger partial charge in [0.25, 0.3) is 11.6 Å². The second-order valence-electron chi connectivity index (χ2n) is 6.00. The number of non-ortho nitro benzene ring substituents is 1. The average molecular weight is 388 g/mol. The highest BCUT2D eigenvalue weighted by Crippen LogP contribution is 2.30. The van der Waals surface area contributed by atoms with Crippen LogP contribution in [0.1, 0.15) is 18.5 Å². The fraction of sp³-hybridized carbons (Fsp3) is 0.111. The standard InChI is InChI=1S/C18H14F2N4O4/c1-9-15(17(25)22-11-3-2-4-12(8-11)24(27)28)16(23-18(26)21-9)13-6-5-10(19)7-14(13)20/h2-8,16H,1H3,(H,22,25)(H2,21,23,26)/t16-/m0/s1. The second-order valence-corrected chi connectivity index (χ2v) is 6.00. The van der Waals surface area contributed by atoms with Crippen LogP contribution in [0.15, 0.2) is 53.7 Å². The van der Waals surface area contributed by atoms with Crippen LogP contribution in [0, 0.1) is 21.7 Å². The van der Waals surface area contributed by atoms with Crippen LogP contribution in [0.3, 0.4) is 0 Å². The van der Waals surface area contributed by atoms with Gasteiger partial charge in [0, 0.05) is 35.1 Å². The van der Waals surface area contributed by atoms with Gasteiger partial charge in [-0.1, -0.05) is 12.1 Å². The number of benzene rings is 2. The van der Waals surface area contributed by atoms with Crippen LogP contribution >= 0.6 is 0 Å². The van der Waals surface area contributed by atoms with Crippen LogP contribution in [0.2, 0.25) is 0 Å². The van der Waals surface area contributed by atoms with E-state index in [0.717, 1.165) is 18.2 Å². The van der Waals surface area contributed by atoms with Gasteiger partial charge in [-0.3, -0.25) is 14.9 Å². The van der Waals surface area contributed by atoms with Crippen LogP contribution in [0.25, 0.3) is 0 Å². The maximum absolute atomic E-state index is 14.3. The molecule has 144 valence electrons. The minimum absolute atomic E-state index is 0.0170. The summed E-state index contributed by atoms with van der Waals surface area (Å²) < 4.78 is 27.5. The number of hydrogen-bond donors (Lipinski definition) is 3. The zero-order chi connectivity index (χ0) is 20.4. The molecule has 0 spiro atoms. The summed E-state index contributed by atoms with van der Waals surface area (Å²) in [6, 6.07) is 6.24. The van der Waals surface area contributed by atoms with Crippen LogP contribution < -0.4 is 16.0 Å². The summed E-state index contributed by atoms with van der Waals surface area (Å²) in [4.78, 5) is 34.9. The lowest BCUT2D eigenvalue weighted by atomic mass is 9.94. The minimum Gasteiger partial charge on any atom is -0.327 e. The van der Waals surface area contributed by atoms with E-state index >= 15 is 0 Å². The minimum atomic E-state index is -1.17. The Morgan fingerprint density at radius 3 is 2.64 bits per heavy atom. The van der Waals surface area contributed by atoms with Crippen LogP contribution in [0.4, 0.5) is 25.0 Å². The van der Waals surface area contributed by atoms with E-state index in [-0.39, 0.29) is 28.2 Å².